The van der Waals surface area contributed by atoms with Gasteiger partial charge in [0, 0.05) is 0 Å². The maximum Gasteiger partial charge on any atom is 0.349 e. The lowest BCUT2D eigenvalue weighted by Crippen LogP contribution is -2.39. The van der Waals surface area contributed by atoms with Crippen LogP contribution in [0.5, 0.6) is 0 Å². The van der Waals surface area contributed by atoms with E-state index in [9.17, 15) is 18.0 Å². The van der Waals surface area contributed by atoms with Gasteiger partial charge in [0.05, 0.1) is 14.2 Å². The molecule has 1 unspecified atom stereocenters. The van der Waals surface area contributed by atoms with Crippen LogP contribution < -0.4 is 4.72 Å². The molecule has 1 aromatic rings. The van der Waals surface area contributed by atoms with E-state index in [-0.39, 0.29) is 9.77 Å². The van der Waals surface area contributed by atoms with E-state index in [2.05, 4.69) is 14.2 Å². The third-order valence-corrected chi connectivity index (χ3v) is 4.78. The Morgan fingerprint density at radius 2 is 1.95 bits per heavy atom. The van der Waals surface area contributed by atoms with Crippen molar-refractivity contribution in [2.24, 2.45) is 0 Å². The number of esters is 2. The number of sulfonamides is 1. The highest BCUT2D eigenvalue weighted by molar-refractivity contribution is 7.89. The summed E-state index contributed by atoms with van der Waals surface area (Å²) in [7, 11) is -1.69. The molecule has 1 aromatic heterocycles. The summed E-state index contributed by atoms with van der Waals surface area (Å²) in [5.41, 5.74) is 0. The lowest BCUT2D eigenvalue weighted by molar-refractivity contribution is -0.142. The summed E-state index contributed by atoms with van der Waals surface area (Å²) >= 11 is 0.940. The van der Waals surface area contributed by atoms with Crippen LogP contribution in [0.1, 0.15) is 16.6 Å². The molecule has 0 bridgehead atoms. The number of thiophene rings is 1. The molecular weight excluding hydrogens is 294 g/mol. The molecule has 0 spiro atoms. The first-order valence-electron chi connectivity index (χ1n) is 5.09. The first-order valence-corrected chi connectivity index (χ1v) is 7.45. The molecule has 9 heteroatoms. The number of nitrogens with one attached hydrogen (secondary N) is 1. The highest BCUT2D eigenvalue weighted by Gasteiger charge is 2.28. The molecule has 0 saturated carbocycles. The molecule has 1 rings (SSSR count). The molecule has 19 heavy (non-hydrogen) atoms. The van der Waals surface area contributed by atoms with E-state index in [0.29, 0.717) is 0 Å². The normalized spacial score (nSPS) is 12.8. The van der Waals surface area contributed by atoms with Gasteiger partial charge in [-0.15, -0.1) is 11.3 Å². The van der Waals surface area contributed by atoms with Crippen molar-refractivity contribution in [2.45, 2.75) is 17.9 Å². The zero-order valence-corrected chi connectivity index (χ0v) is 12.1. The number of rotatable bonds is 5. The number of hydrogen-bond acceptors (Lipinski definition) is 7. The van der Waals surface area contributed by atoms with E-state index in [1.165, 1.54) is 18.4 Å². The van der Waals surface area contributed by atoms with E-state index in [4.69, 9.17) is 0 Å². The van der Waals surface area contributed by atoms with E-state index in [1.807, 2.05) is 0 Å². The Morgan fingerprint density at radius 1 is 1.32 bits per heavy atom. The Bertz CT molecular complexity index is 577. The Kier molecular flexibility index (Phi) is 5.04. The minimum absolute atomic E-state index is 0.0490. The molecule has 106 valence electrons. The van der Waals surface area contributed by atoms with Gasteiger partial charge in [-0.3, -0.25) is 4.79 Å². The third-order valence-electron chi connectivity index (χ3n) is 2.18. The molecule has 0 saturated heterocycles. The van der Waals surface area contributed by atoms with Crippen molar-refractivity contribution in [1.82, 2.24) is 4.72 Å². The first-order chi connectivity index (χ1) is 8.83. The molecule has 7 nitrogen and oxygen atoms in total. The summed E-state index contributed by atoms with van der Waals surface area (Å²) in [6.07, 6.45) is 0. The number of carbonyl (C=O) groups excluding carboxylic acids is 2. The van der Waals surface area contributed by atoms with E-state index >= 15 is 0 Å². The van der Waals surface area contributed by atoms with Crippen molar-refractivity contribution in [3.05, 3.63) is 16.3 Å². The second kappa shape index (κ2) is 6.13. The lowest BCUT2D eigenvalue weighted by Gasteiger charge is -2.12. The van der Waals surface area contributed by atoms with Crippen LogP contribution >= 0.6 is 11.3 Å². The fourth-order valence-corrected chi connectivity index (χ4v) is 3.80. The van der Waals surface area contributed by atoms with Gasteiger partial charge in [0.25, 0.3) is 0 Å². The molecule has 0 aliphatic heterocycles. The SMILES string of the molecule is COC(=O)c1sccc1S(=O)(=O)NC(C)C(=O)OC. The van der Waals surface area contributed by atoms with Crippen LogP contribution in [0.15, 0.2) is 16.3 Å². The predicted molar refractivity (Wildman–Crippen MR) is 67.5 cm³/mol. The van der Waals surface area contributed by atoms with Crippen LogP contribution in [-0.2, 0) is 24.3 Å². The van der Waals surface area contributed by atoms with Gasteiger partial charge in [-0.05, 0) is 18.4 Å². The van der Waals surface area contributed by atoms with Crippen LogP contribution in [0.2, 0.25) is 0 Å². The van der Waals surface area contributed by atoms with Gasteiger partial charge in [0.2, 0.25) is 10.0 Å². The van der Waals surface area contributed by atoms with Gasteiger partial charge in [0.1, 0.15) is 15.8 Å². The van der Waals surface area contributed by atoms with Crippen molar-refractivity contribution < 1.29 is 27.5 Å². The molecule has 0 aliphatic carbocycles. The second-order valence-corrected chi connectivity index (χ2v) is 6.07. The molecule has 1 atom stereocenters. The van der Waals surface area contributed by atoms with E-state index in [0.717, 1.165) is 25.6 Å². The fraction of sp³-hybridized carbons (Fsp3) is 0.400. The number of hydrogen-bond donors (Lipinski definition) is 1. The standard InChI is InChI=1S/C10H13NO6S2/c1-6(9(12)16-2)11-19(14,15)7-4-5-18-8(7)10(13)17-3/h4-6,11H,1-3H3. The summed E-state index contributed by atoms with van der Waals surface area (Å²) < 4.78 is 35.1. The van der Waals surface area contributed by atoms with Crippen LogP contribution in [0.3, 0.4) is 0 Å². The number of ether oxygens (including phenoxy) is 2. The van der Waals surface area contributed by atoms with Gasteiger partial charge < -0.3 is 9.47 Å². The quantitative estimate of drug-likeness (QED) is 0.789. The van der Waals surface area contributed by atoms with Gasteiger partial charge in [-0.2, -0.15) is 4.72 Å². The Balaban J connectivity index is 3.05. The molecule has 0 aliphatic rings. The maximum atomic E-state index is 12.0. The molecule has 1 heterocycles. The molecule has 1 N–H and O–H groups in total. The van der Waals surface area contributed by atoms with E-state index in [1.54, 1.807) is 0 Å². The minimum atomic E-state index is -4.00. The monoisotopic (exact) mass is 307 g/mol. The third kappa shape index (κ3) is 3.52. The van der Waals surface area contributed by atoms with E-state index < -0.39 is 28.0 Å². The molecule has 0 aromatic carbocycles. The average molecular weight is 307 g/mol. The second-order valence-electron chi connectivity index (χ2n) is 3.47. The van der Waals surface area contributed by atoms with Crippen LogP contribution in [0.25, 0.3) is 0 Å². The minimum Gasteiger partial charge on any atom is -0.468 e. The van der Waals surface area contributed by atoms with Crippen molar-refractivity contribution in [3.63, 3.8) is 0 Å². The lowest BCUT2D eigenvalue weighted by atomic mass is 10.4. The van der Waals surface area contributed by atoms with Gasteiger partial charge in [-0.25, -0.2) is 13.2 Å². The summed E-state index contributed by atoms with van der Waals surface area (Å²) in [5, 5.41) is 1.45. The van der Waals surface area contributed by atoms with Crippen LogP contribution in [0.4, 0.5) is 0 Å². The molecule has 0 amide bonds. The number of carbonyl (C=O) groups is 2. The molecule has 0 radical (unpaired) electrons. The van der Waals surface area contributed by atoms with Gasteiger partial charge >= 0.3 is 11.9 Å². The summed E-state index contributed by atoms with van der Waals surface area (Å²) in [6, 6.07) is 0.212. The van der Waals surface area contributed by atoms with Crippen molar-refractivity contribution in [2.75, 3.05) is 14.2 Å². The summed E-state index contributed by atoms with van der Waals surface area (Å²) in [4.78, 5) is 22.3. The summed E-state index contributed by atoms with van der Waals surface area (Å²) in [5.74, 6) is -1.47. The van der Waals surface area contributed by atoms with Crippen molar-refractivity contribution in [1.29, 1.82) is 0 Å². The fourth-order valence-electron chi connectivity index (χ4n) is 1.27. The maximum absolute atomic E-state index is 12.0. The number of methoxy groups -OCH3 is 2. The van der Waals surface area contributed by atoms with Crippen molar-refractivity contribution in [3.8, 4) is 0 Å². The topological polar surface area (TPSA) is 98.8 Å². The van der Waals surface area contributed by atoms with Crippen LogP contribution in [0, 0.1) is 0 Å². The zero-order valence-electron chi connectivity index (χ0n) is 10.5. The van der Waals surface area contributed by atoms with Gasteiger partial charge in [0.15, 0.2) is 0 Å². The molecular formula is C10H13NO6S2. The highest BCUT2D eigenvalue weighted by Crippen LogP contribution is 2.22. The van der Waals surface area contributed by atoms with Crippen molar-refractivity contribution >= 4 is 33.3 Å². The smallest absolute Gasteiger partial charge is 0.349 e. The Labute approximate surface area is 114 Å². The first kappa shape index (κ1) is 15.6. The average Bonchev–Trinajstić information content (AvgIpc) is 2.86. The Morgan fingerprint density at radius 3 is 2.47 bits per heavy atom. The zero-order chi connectivity index (χ0) is 14.6. The van der Waals surface area contributed by atoms with Crippen LogP contribution in [-0.4, -0.2) is 40.6 Å². The molecule has 0 fully saturated rings. The highest BCUT2D eigenvalue weighted by atomic mass is 32.2. The largest absolute Gasteiger partial charge is 0.468 e. The van der Waals surface area contributed by atoms with Gasteiger partial charge in [-0.1, -0.05) is 0 Å². The summed E-state index contributed by atoms with van der Waals surface area (Å²) in [6.45, 7) is 1.34. The predicted octanol–water partition coefficient (Wildman–Crippen LogP) is 0.375. The Hall–Kier alpha value is -1.45.